The second-order valence-electron chi connectivity index (χ2n) is 3.45. The van der Waals surface area contributed by atoms with Gasteiger partial charge in [-0.3, -0.25) is 0 Å². The molecule has 0 atom stereocenters. The monoisotopic (exact) mass is 257 g/mol. The summed E-state index contributed by atoms with van der Waals surface area (Å²) in [5, 5.41) is 13.3. The van der Waals surface area contributed by atoms with Crippen LogP contribution in [0, 0.1) is 0 Å². The van der Waals surface area contributed by atoms with Gasteiger partial charge in [0, 0.05) is 23.1 Å². The Hall–Kier alpha value is -0.580. The van der Waals surface area contributed by atoms with Gasteiger partial charge >= 0.3 is 0 Å². The molecule has 0 spiro atoms. The second kappa shape index (κ2) is 3.53. The topological polar surface area (TPSA) is 41.5 Å². The first-order valence-corrected chi connectivity index (χ1v) is 5.23. The van der Waals surface area contributed by atoms with Crippen LogP contribution in [0.1, 0.15) is 5.56 Å². The highest BCUT2D eigenvalue weighted by atomic mass is 79.9. The predicted octanol–water partition coefficient (Wildman–Crippen LogP) is 1.25. The van der Waals surface area contributed by atoms with Gasteiger partial charge in [0.15, 0.2) is 0 Å². The third-order valence-electron chi connectivity index (χ3n) is 2.50. The number of methoxy groups -OCH3 is 1. The molecule has 1 aliphatic rings. The summed E-state index contributed by atoms with van der Waals surface area (Å²) in [5.74, 6) is 0.725. The van der Waals surface area contributed by atoms with Crippen molar-refractivity contribution in [2.75, 3.05) is 20.2 Å². The maximum absolute atomic E-state index is 10.2. The normalized spacial score (nSPS) is 18.8. The van der Waals surface area contributed by atoms with Crippen LogP contribution in [0.5, 0.6) is 5.75 Å². The lowest BCUT2D eigenvalue weighted by Gasteiger charge is -2.39. The van der Waals surface area contributed by atoms with Gasteiger partial charge in [0.2, 0.25) is 0 Å². The number of β-amino-alcohol motifs (C(OH)–C–C–N with tert-alkyl or cyclic N) is 1. The van der Waals surface area contributed by atoms with Crippen LogP contribution < -0.4 is 10.1 Å². The van der Waals surface area contributed by atoms with Gasteiger partial charge < -0.3 is 15.2 Å². The predicted molar refractivity (Wildman–Crippen MR) is 57.5 cm³/mol. The number of benzene rings is 1. The van der Waals surface area contributed by atoms with Crippen molar-refractivity contribution < 1.29 is 9.84 Å². The molecule has 14 heavy (non-hydrogen) atoms. The number of rotatable bonds is 2. The van der Waals surface area contributed by atoms with E-state index in [1.807, 2.05) is 18.2 Å². The lowest BCUT2D eigenvalue weighted by Crippen LogP contribution is -2.57. The van der Waals surface area contributed by atoms with Crippen molar-refractivity contribution in [1.29, 1.82) is 0 Å². The first kappa shape index (κ1) is 9.96. The number of halogens is 1. The second-order valence-corrected chi connectivity index (χ2v) is 4.31. The largest absolute Gasteiger partial charge is 0.496 e. The zero-order chi connectivity index (χ0) is 10.2. The SMILES string of the molecule is COc1cccc(Br)c1C1(O)CNC1. The fourth-order valence-electron chi connectivity index (χ4n) is 1.66. The van der Waals surface area contributed by atoms with Gasteiger partial charge in [-0.1, -0.05) is 22.0 Å². The first-order chi connectivity index (χ1) is 6.67. The minimum absolute atomic E-state index is 0.575. The van der Waals surface area contributed by atoms with E-state index >= 15 is 0 Å². The summed E-state index contributed by atoms with van der Waals surface area (Å²) >= 11 is 3.43. The molecule has 1 aromatic rings. The van der Waals surface area contributed by atoms with Crippen molar-refractivity contribution >= 4 is 15.9 Å². The number of nitrogens with one attached hydrogen (secondary N) is 1. The molecule has 0 bridgehead atoms. The van der Waals surface area contributed by atoms with Gasteiger partial charge in [-0.05, 0) is 12.1 Å². The number of aliphatic hydroxyl groups is 1. The van der Waals surface area contributed by atoms with Crippen molar-refractivity contribution in [3.05, 3.63) is 28.2 Å². The van der Waals surface area contributed by atoms with Crippen LogP contribution in [0.15, 0.2) is 22.7 Å². The Kier molecular flexibility index (Phi) is 2.51. The highest BCUT2D eigenvalue weighted by molar-refractivity contribution is 9.10. The maximum Gasteiger partial charge on any atom is 0.126 e. The summed E-state index contributed by atoms with van der Waals surface area (Å²) < 4.78 is 6.12. The van der Waals surface area contributed by atoms with E-state index in [4.69, 9.17) is 4.74 Å². The fraction of sp³-hybridized carbons (Fsp3) is 0.400. The molecule has 0 aliphatic carbocycles. The smallest absolute Gasteiger partial charge is 0.126 e. The number of ether oxygens (including phenoxy) is 1. The van der Waals surface area contributed by atoms with Gasteiger partial charge in [0.25, 0.3) is 0 Å². The molecule has 0 radical (unpaired) electrons. The van der Waals surface area contributed by atoms with E-state index in [9.17, 15) is 5.11 Å². The first-order valence-electron chi connectivity index (χ1n) is 4.43. The molecule has 1 heterocycles. The highest BCUT2D eigenvalue weighted by Crippen LogP contribution is 2.38. The molecule has 1 fully saturated rings. The lowest BCUT2D eigenvalue weighted by molar-refractivity contribution is -0.0171. The molecule has 2 N–H and O–H groups in total. The van der Waals surface area contributed by atoms with Gasteiger partial charge in [-0.2, -0.15) is 0 Å². The molecule has 3 nitrogen and oxygen atoms in total. The minimum Gasteiger partial charge on any atom is -0.496 e. The summed E-state index contributed by atoms with van der Waals surface area (Å²) in [6.07, 6.45) is 0. The third kappa shape index (κ3) is 1.43. The summed E-state index contributed by atoms with van der Waals surface area (Å²) in [6, 6.07) is 5.66. The molecule has 0 unspecified atom stereocenters. The Morgan fingerprint density at radius 3 is 2.71 bits per heavy atom. The highest BCUT2D eigenvalue weighted by Gasteiger charge is 2.40. The number of hydrogen-bond donors (Lipinski definition) is 2. The molecule has 0 saturated carbocycles. The van der Waals surface area contributed by atoms with Crippen LogP contribution in [0.25, 0.3) is 0 Å². The lowest BCUT2D eigenvalue weighted by atomic mass is 9.87. The molecular formula is C10H12BrNO2. The van der Waals surface area contributed by atoms with Crippen molar-refractivity contribution in [3.63, 3.8) is 0 Å². The van der Waals surface area contributed by atoms with Crippen LogP contribution in [0.3, 0.4) is 0 Å². The zero-order valence-electron chi connectivity index (χ0n) is 7.88. The summed E-state index contributed by atoms with van der Waals surface area (Å²) in [4.78, 5) is 0. The van der Waals surface area contributed by atoms with E-state index in [0.717, 1.165) is 15.8 Å². The van der Waals surface area contributed by atoms with Crippen molar-refractivity contribution in [2.24, 2.45) is 0 Å². The van der Waals surface area contributed by atoms with Crippen LogP contribution in [-0.4, -0.2) is 25.3 Å². The Bertz CT molecular complexity index is 350. The van der Waals surface area contributed by atoms with E-state index in [-0.39, 0.29) is 0 Å². The quantitative estimate of drug-likeness (QED) is 0.838. The Labute approximate surface area is 91.2 Å². The van der Waals surface area contributed by atoms with Crippen LogP contribution in [0.4, 0.5) is 0 Å². The van der Waals surface area contributed by atoms with Gasteiger partial charge in [-0.25, -0.2) is 0 Å². The molecule has 1 aliphatic heterocycles. The molecule has 76 valence electrons. The molecule has 1 aromatic carbocycles. The zero-order valence-corrected chi connectivity index (χ0v) is 9.47. The minimum atomic E-state index is -0.786. The van der Waals surface area contributed by atoms with Gasteiger partial charge in [-0.15, -0.1) is 0 Å². The van der Waals surface area contributed by atoms with E-state index in [2.05, 4.69) is 21.2 Å². The molecule has 2 rings (SSSR count). The van der Waals surface area contributed by atoms with Crippen molar-refractivity contribution in [2.45, 2.75) is 5.60 Å². The average Bonchev–Trinajstić information content (AvgIpc) is 2.14. The van der Waals surface area contributed by atoms with E-state index in [1.54, 1.807) is 7.11 Å². The van der Waals surface area contributed by atoms with Crippen molar-refractivity contribution in [3.8, 4) is 5.75 Å². The molecule has 0 amide bonds. The standard InChI is InChI=1S/C10H12BrNO2/c1-14-8-4-2-3-7(11)9(8)10(13)5-12-6-10/h2-4,12-13H,5-6H2,1H3. The third-order valence-corrected chi connectivity index (χ3v) is 3.16. The summed E-state index contributed by atoms with van der Waals surface area (Å²) in [5.41, 5.74) is 0.0482. The van der Waals surface area contributed by atoms with E-state index in [1.165, 1.54) is 0 Å². The molecular weight excluding hydrogens is 246 g/mol. The summed E-state index contributed by atoms with van der Waals surface area (Å²) in [6.45, 7) is 1.15. The van der Waals surface area contributed by atoms with E-state index in [0.29, 0.717) is 13.1 Å². The van der Waals surface area contributed by atoms with E-state index < -0.39 is 5.60 Å². The van der Waals surface area contributed by atoms with Gasteiger partial charge in [0.05, 0.1) is 7.11 Å². The fourth-order valence-corrected chi connectivity index (χ4v) is 2.38. The molecule has 1 saturated heterocycles. The molecule has 0 aromatic heterocycles. The number of hydrogen-bond acceptors (Lipinski definition) is 3. The Morgan fingerprint density at radius 1 is 1.50 bits per heavy atom. The Morgan fingerprint density at radius 2 is 2.21 bits per heavy atom. The average molecular weight is 258 g/mol. The van der Waals surface area contributed by atoms with Gasteiger partial charge in [0.1, 0.15) is 11.4 Å². The van der Waals surface area contributed by atoms with Crippen LogP contribution in [0.2, 0.25) is 0 Å². The van der Waals surface area contributed by atoms with Crippen LogP contribution >= 0.6 is 15.9 Å². The summed E-state index contributed by atoms with van der Waals surface area (Å²) in [7, 11) is 1.61. The molecule has 4 heteroatoms. The Balaban J connectivity index is 2.49. The van der Waals surface area contributed by atoms with Crippen LogP contribution in [-0.2, 0) is 5.60 Å². The van der Waals surface area contributed by atoms with Crippen molar-refractivity contribution in [1.82, 2.24) is 5.32 Å². The maximum atomic E-state index is 10.2.